The van der Waals surface area contributed by atoms with Gasteiger partial charge in [0, 0.05) is 6.54 Å². The van der Waals surface area contributed by atoms with E-state index in [1.807, 2.05) is 12.1 Å². The van der Waals surface area contributed by atoms with E-state index in [0.717, 1.165) is 0 Å². The predicted octanol–water partition coefficient (Wildman–Crippen LogP) is -0.302. The van der Waals surface area contributed by atoms with Crippen LogP contribution in [0.4, 0.5) is 0 Å². The molecule has 1 aromatic rings. The van der Waals surface area contributed by atoms with Gasteiger partial charge < -0.3 is 20.3 Å². The minimum atomic E-state index is -1.02. The van der Waals surface area contributed by atoms with Crippen LogP contribution in [0.3, 0.4) is 0 Å². The van der Waals surface area contributed by atoms with Crippen LogP contribution in [0.15, 0.2) is 24.3 Å². The van der Waals surface area contributed by atoms with Crippen LogP contribution in [-0.2, 0) is 9.59 Å². The van der Waals surface area contributed by atoms with Crippen LogP contribution in [-0.4, -0.2) is 54.2 Å². The Morgan fingerprint density at radius 3 is 2.65 bits per heavy atom. The Kier molecular flexibility index (Phi) is 4.41. The van der Waals surface area contributed by atoms with Gasteiger partial charge in [0.1, 0.15) is 12.7 Å². The van der Waals surface area contributed by atoms with Crippen molar-refractivity contribution in [1.82, 2.24) is 4.90 Å². The van der Waals surface area contributed by atoms with Gasteiger partial charge in [-0.25, -0.2) is 0 Å². The lowest BCUT2D eigenvalue weighted by Crippen LogP contribution is -2.45. The first-order chi connectivity index (χ1) is 9.54. The fourth-order valence-corrected chi connectivity index (χ4v) is 2.04. The van der Waals surface area contributed by atoms with Crippen molar-refractivity contribution >= 4 is 11.9 Å². The minimum Gasteiger partial charge on any atom is -0.486 e. The zero-order valence-corrected chi connectivity index (χ0v) is 10.8. The van der Waals surface area contributed by atoms with E-state index >= 15 is 0 Å². The molecule has 0 saturated heterocycles. The van der Waals surface area contributed by atoms with E-state index < -0.39 is 11.9 Å². The van der Waals surface area contributed by atoms with Crippen molar-refractivity contribution in [3.63, 3.8) is 0 Å². The fourth-order valence-electron chi connectivity index (χ4n) is 2.04. The summed E-state index contributed by atoms with van der Waals surface area (Å²) < 4.78 is 11.2. The lowest BCUT2D eigenvalue weighted by atomic mass is 10.2. The van der Waals surface area contributed by atoms with Gasteiger partial charge in [0.05, 0.1) is 13.1 Å². The summed E-state index contributed by atoms with van der Waals surface area (Å²) in [5, 5.41) is 8.82. The summed E-state index contributed by atoms with van der Waals surface area (Å²) in [7, 11) is 0. The van der Waals surface area contributed by atoms with Crippen molar-refractivity contribution < 1.29 is 24.2 Å². The maximum absolute atomic E-state index is 10.9. The molecule has 7 nitrogen and oxygen atoms in total. The van der Waals surface area contributed by atoms with Gasteiger partial charge in [-0.3, -0.25) is 14.5 Å². The molecule has 2 rings (SSSR count). The number of hydrogen-bond acceptors (Lipinski definition) is 5. The zero-order valence-electron chi connectivity index (χ0n) is 10.8. The van der Waals surface area contributed by atoms with Crippen LogP contribution in [0.1, 0.15) is 0 Å². The Hall–Kier alpha value is -2.28. The molecule has 1 aliphatic rings. The van der Waals surface area contributed by atoms with E-state index in [2.05, 4.69) is 0 Å². The number of para-hydroxylation sites is 2. The van der Waals surface area contributed by atoms with Gasteiger partial charge >= 0.3 is 5.97 Å². The summed E-state index contributed by atoms with van der Waals surface area (Å²) in [4.78, 5) is 23.1. The highest BCUT2D eigenvalue weighted by atomic mass is 16.6. The SMILES string of the molecule is NC(=O)CN(CC(=O)O)CC1COc2ccccc2O1. The van der Waals surface area contributed by atoms with Crippen LogP contribution in [0.25, 0.3) is 0 Å². The number of nitrogens with two attached hydrogens (primary N) is 1. The molecule has 7 heteroatoms. The molecule has 1 heterocycles. The maximum Gasteiger partial charge on any atom is 0.317 e. The monoisotopic (exact) mass is 280 g/mol. The lowest BCUT2D eigenvalue weighted by Gasteiger charge is -2.30. The molecule has 0 spiro atoms. The summed E-state index contributed by atoms with van der Waals surface area (Å²) in [5.74, 6) is -0.340. The van der Waals surface area contributed by atoms with Gasteiger partial charge in [0.15, 0.2) is 11.5 Å². The summed E-state index contributed by atoms with van der Waals surface area (Å²) in [5.41, 5.74) is 5.11. The van der Waals surface area contributed by atoms with Crippen molar-refractivity contribution in [2.24, 2.45) is 5.73 Å². The number of ether oxygens (including phenoxy) is 2. The van der Waals surface area contributed by atoms with Gasteiger partial charge in [-0.15, -0.1) is 0 Å². The average Bonchev–Trinajstić information content (AvgIpc) is 2.37. The van der Waals surface area contributed by atoms with Gasteiger partial charge in [0.2, 0.25) is 5.91 Å². The van der Waals surface area contributed by atoms with Crippen molar-refractivity contribution in [2.45, 2.75) is 6.10 Å². The molecule has 20 heavy (non-hydrogen) atoms. The Balaban J connectivity index is 1.97. The van der Waals surface area contributed by atoms with E-state index in [1.54, 1.807) is 12.1 Å². The highest BCUT2D eigenvalue weighted by Gasteiger charge is 2.24. The molecule has 0 bridgehead atoms. The van der Waals surface area contributed by atoms with Gasteiger partial charge in [-0.2, -0.15) is 0 Å². The molecular formula is C13H16N2O5. The molecule has 0 fully saturated rings. The Morgan fingerprint density at radius 2 is 2.00 bits per heavy atom. The van der Waals surface area contributed by atoms with Crippen molar-refractivity contribution in [3.8, 4) is 11.5 Å². The summed E-state index contributed by atoms with van der Waals surface area (Å²) in [6, 6.07) is 7.23. The second-order valence-corrected chi connectivity index (χ2v) is 4.53. The third kappa shape index (κ3) is 3.86. The van der Waals surface area contributed by atoms with E-state index in [1.165, 1.54) is 4.90 Å². The van der Waals surface area contributed by atoms with Gasteiger partial charge in [0.25, 0.3) is 0 Å². The molecular weight excluding hydrogens is 264 g/mol. The van der Waals surface area contributed by atoms with Gasteiger partial charge in [-0.1, -0.05) is 12.1 Å². The number of benzene rings is 1. The summed E-state index contributed by atoms with van der Waals surface area (Å²) in [6.45, 7) is 0.147. The molecule has 0 radical (unpaired) electrons. The number of carbonyl (C=O) groups excluding carboxylic acids is 1. The average molecular weight is 280 g/mol. The molecule has 0 aliphatic carbocycles. The Bertz CT molecular complexity index is 489. The van der Waals surface area contributed by atoms with Crippen molar-refractivity contribution in [3.05, 3.63) is 24.3 Å². The Morgan fingerprint density at radius 1 is 1.30 bits per heavy atom. The number of carbonyl (C=O) groups is 2. The number of fused-ring (bicyclic) bond motifs is 1. The fraction of sp³-hybridized carbons (Fsp3) is 0.385. The number of nitrogens with zero attached hydrogens (tertiary/aromatic N) is 1. The molecule has 108 valence electrons. The molecule has 0 aromatic heterocycles. The quantitative estimate of drug-likeness (QED) is 0.741. The molecule has 1 amide bonds. The smallest absolute Gasteiger partial charge is 0.317 e. The Labute approximate surface area is 115 Å². The molecule has 1 unspecified atom stereocenters. The number of primary amides is 1. The second kappa shape index (κ2) is 6.25. The summed E-state index contributed by atoms with van der Waals surface area (Å²) >= 11 is 0. The number of carboxylic acids is 1. The third-order valence-corrected chi connectivity index (χ3v) is 2.77. The van der Waals surface area contributed by atoms with E-state index in [9.17, 15) is 9.59 Å². The normalized spacial score (nSPS) is 16.9. The third-order valence-electron chi connectivity index (χ3n) is 2.77. The topological polar surface area (TPSA) is 102 Å². The molecule has 0 saturated carbocycles. The first-order valence-electron chi connectivity index (χ1n) is 6.15. The highest BCUT2D eigenvalue weighted by Crippen LogP contribution is 2.30. The van der Waals surface area contributed by atoms with Crippen LogP contribution < -0.4 is 15.2 Å². The molecule has 3 N–H and O–H groups in total. The zero-order chi connectivity index (χ0) is 14.5. The summed E-state index contributed by atoms with van der Waals surface area (Å²) in [6.07, 6.45) is -0.344. The van der Waals surface area contributed by atoms with Crippen LogP contribution >= 0.6 is 0 Å². The standard InChI is InChI=1S/C13H16N2O5/c14-12(16)6-15(7-13(17)18)5-9-8-19-10-3-1-2-4-11(10)20-9/h1-4,9H,5-8H2,(H2,14,16)(H,17,18). The minimum absolute atomic E-state index is 0.131. The lowest BCUT2D eigenvalue weighted by molar-refractivity contribution is -0.139. The van der Waals surface area contributed by atoms with Crippen LogP contribution in [0, 0.1) is 0 Å². The number of carboxylic acid groups (broad SMARTS) is 1. The van der Waals surface area contributed by atoms with E-state index in [-0.39, 0.29) is 25.7 Å². The van der Waals surface area contributed by atoms with E-state index in [4.69, 9.17) is 20.3 Å². The predicted molar refractivity (Wildman–Crippen MR) is 69.6 cm³/mol. The van der Waals surface area contributed by atoms with E-state index in [0.29, 0.717) is 18.1 Å². The van der Waals surface area contributed by atoms with Crippen LogP contribution in [0.2, 0.25) is 0 Å². The first-order valence-corrected chi connectivity index (χ1v) is 6.15. The maximum atomic E-state index is 10.9. The number of rotatable bonds is 6. The number of amides is 1. The van der Waals surface area contributed by atoms with Gasteiger partial charge in [-0.05, 0) is 12.1 Å². The first kappa shape index (κ1) is 14.1. The van der Waals surface area contributed by atoms with Crippen molar-refractivity contribution in [2.75, 3.05) is 26.2 Å². The second-order valence-electron chi connectivity index (χ2n) is 4.53. The highest BCUT2D eigenvalue weighted by molar-refractivity contribution is 5.77. The largest absolute Gasteiger partial charge is 0.486 e. The van der Waals surface area contributed by atoms with Crippen molar-refractivity contribution in [1.29, 1.82) is 0 Å². The molecule has 1 aliphatic heterocycles. The molecule has 1 atom stereocenters. The molecule has 1 aromatic carbocycles. The number of aliphatic carboxylic acids is 1. The van der Waals surface area contributed by atoms with Crippen LogP contribution in [0.5, 0.6) is 11.5 Å². The number of hydrogen-bond donors (Lipinski definition) is 2.